The fraction of sp³-hybridized carbons (Fsp3) is 0.333. The molecule has 0 fully saturated rings. The van der Waals surface area contributed by atoms with E-state index in [-0.39, 0.29) is 12.3 Å². The zero-order valence-electron chi connectivity index (χ0n) is 3.76. The van der Waals surface area contributed by atoms with Crippen molar-refractivity contribution in [2.24, 2.45) is 10.9 Å². The average Bonchev–Trinajstić information content (AvgIpc) is 1.72. The minimum atomic E-state index is -0.264. The predicted molar refractivity (Wildman–Crippen MR) is 27.5 cm³/mol. The molecule has 0 aromatic heterocycles. The fourth-order valence-electron chi connectivity index (χ4n) is 0.124. The number of aliphatic hydroxyl groups excluding tert-OH is 1. The predicted octanol–water partition coefficient (Wildman–Crippen LogP) is -1.06. The monoisotopic (exact) mass is 101 g/mol. The molecule has 0 bridgehead atoms. The summed E-state index contributed by atoms with van der Waals surface area (Å²) in [6, 6.07) is 0. The van der Waals surface area contributed by atoms with Crippen LogP contribution in [0.3, 0.4) is 0 Å². The van der Waals surface area contributed by atoms with Crippen molar-refractivity contribution in [1.29, 1.82) is 5.41 Å². The molecule has 40 valence electrons. The number of nitrogens with two attached hydrogens (primary N) is 1. The van der Waals surface area contributed by atoms with E-state index in [1.165, 1.54) is 0 Å². The van der Waals surface area contributed by atoms with Gasteiger partial charge in [-0.1, -0.05) is 0 Å². The van der Waals surface area contributed by atoms with Crippen LogP contribution in [0.25, 0.3) is 0 Å². The Bertz CT molecular complexity index is 88.2. The summed E-state index contributed by atoms with van der Waals surface area (Å²) in [5, 5.41) is 17.7. The maximum absolute atomic E-state index is 8.16. The van der Waals surface area contributed by atoms with Crippen molar-refractivity contribution in [2.45, 2.75) is 0 Å². The summed E-state index contributed by atoms with van der Waals surface area (Å²) < 4.78 is 0. The van der Waals surface area contributed by atoms with Gasteiger partial charge in [0, 0.05) is 6.21 Å². The SMILES string of the molecule is N=CC(CO)=NN. The molecule has 7 heavy (non-hydrogen) atoms. The van der Waals surface area contributed by atoms with Crippen molar-refractivity contribution >= 4 is 11.9 Å². The van der Waals surface area contributed by atoms with Gasteiger partial charge < -0.3 is 16.4 Å². The highest BCUT2D eigenvalue weighted by Crippen LogP contribution is 1.62. The highest BCUT2D eigenvalue weighted by molar-refractivity contribution is 6.29. The van der Waals surface area contributed by atoms with E-state index in [4.69, 9.17) is 10.5 Å². The Morgan fingerprint density at radius 3 is 2.57 bits per heavy atom. The Hall–Kier alpha value is -0.900. The van der Waals surface area contributed by atoms with Gasteiger partial charge in [-0.3, -0.25) is 0 Å². The number of hydrogen-bond acceptors (Lipinski definition) is 4. The summed E-state index contributed by atoms with van der Waals surface area (Å²) in [6.45, 7) is -0.264. The molecule has 0 atom stereocenters. The standard InChI is InChI=1S/C3H7N3O/c4-1-3(2-7)6-5/h1,4,7H,2,5H2. The second-order valence-corrected chi connectivity index (χ2v) is 0.923. The zero-order valence-corrected chi connectivity index (χ0v) is 3.76. The molecule has 0 amide bonds. The zero-order chi connectivity index (χ0) is 5.70. The Labute approximate surface area is 41.2 Å². The topological polar surface area (TPSA) is 82.5 Å². The first-order valence-corrected chi connectivity index (χ1v) is 1.73. The Balaban J connectivity index is 3.60. The minimum absolute atomic E-state index is 0.181. The molecule has 0 aromatic rings. The summed E-state index contributed by atoms with van der Waals surface area (Å²) in [7, 11) is 0. The third-order valence-corrected chi connectivity index (χ3v) is 0.494. The molecular formula is C3H7N3O. The molecule has 0 unspecified atom stereocenters. The molecule has 0 saturated heterocycles. The van der Waals surface area contributed by atoms with Crippen molar-refractivity contribution in [2.75, 3.05) is 6.61 Å². The summed E-state index contributed by atoms with van der Waals surface area (Å²) in [5.41, 5.74) is 0.181. The highest BCUT2D eigenvalue weighted by atomic mass is 16.3. The van der Waals surface area contributed by atoms with Crippen LogP contribution in [-0.4, -0.2) is 23.6 Å². The molecule has 0 spiro atoms. The quantitative estimate of drug-likeness (QED) is 0.235. The van der Waals surface area contributed by atoms with E-state index in [9.17, 15) is 0 Å². The summed E-state index contributed by atoms with van der Waals surface area (Å²) >= 11 is 0. The number of aliphatic hydroxyl groups is 1. The molecule has 0 saturated carbocycles. The van der Waals surface area contributed by atoms with E-state index < -0.39 is 0 Å². The van der Waals surface area contributed by atoms with Crippen LogP contribution in [0.2, 0.25) is 0 Å². The smallest absolute Gasteiger partial charge is 0.103 e. The lowest BCUT2D eigenvalue weighted by Gasteiger charge is -1.84. The first-order chi connectivity index (χ1) is 3.35. The van der Waals surface area contributed by atoms with Crippen LogP contribution in [0.15, 0.2) is 5.10 Å². The summed E-state index contributed by atoms with van der Waals surface area (Å²) in [6.07, 6.45) is 0.903. The maximum Gasteiger partial charge on any atom is 0.103 e. The van der Waals surface area contributed by atoms with Gasteiger partial charge in [0.1, 0.15) is 5.71 Å². The molecule has 0 heterocycles. The van der Waals surface area contributed by atoms with Gasteiger partial charge in [0.2, 0.25) is 0 Å². The molecule has 0 aliphatic rings. The number of hydrazone groups is 1. The van der Waals surface area contributed by atoms with Crippen LogP contribution in [0.1, 0.15) is 0 Å². The lowest BCUT2D eigenvalue weighted by molar-refractivity contribution is 0.359. The molecule has 0 radical (unpaired) electrons. The van der Waals surface area contributed by atoms with Crippen LogP contribution in [-0.2, 0) is 0 Å². The number of nitrogens with zero attached hydrogens (tertiary/aromatic N) is 1. The van der Waals surface area contributed by atoms with E-state index in [0.29, 0.717) is 0 Å². The molecule has 4 N–H and O–H groups in total. The van der Waals surface area contributed by atoms with E-state index >= 15 is 0 Å². The molecule has 4 heteroatoms. The molecule has 0 aliphatic heterocycles. The van der Waals surface area contributed by atoms with E-state index in [2.05, 4.69) is 10.9 Å². The van der Waals surface area contributed by atoms with Crippen LogP contribution in [0.5, 0.6) is 0 Å². The molecule has 0 aliphatic carbocycles. The Kier molecular flexibility index (Phi) is 2.87. The van der Waals surface area contributed by atoms with Gasteiger partial charge in [-0.05, 0) is 0 Å². The molecular weight excluding hydrogens is 94.1 g/mol. The van der Waals surface area contributed by atoms with Gasteiger partial charge in [-0.25, -0.2) is 0 Å². The molecule has 0 aromatic carbocycles. The largest absolute Gasteiger partial charge is 0.390 e. The Morgan fingerprint density at radius 1 is 2.00 bits per heavy atom. The first kappa shape index (κ1) is 6.10. The summed E-state index contributed by atoms with van der Waals surface area (Å²) in [5.74, 6) is 4.67. The van der Waals surface area contributed by atoms with Crippen molar-refractivity contribution in [1.82, 2.24) is 0 Å². The van der Waals surface area contributed by atoms with E-state index in [0.717, 1.165) is 6.21 Å². The average molecular weight is 101 g/mol. The maximum atomic E-state index is 8.16. The lowest BCUT2D eigenvalue weighted by Crippen LogP contribution is -2.07. The second-order valence-electron chi connectivity index (χ2n) is 0.923. The van der Waals surface area contributed by atoms with Gasteiger partial charge in [0.05, 0.1) is 6.61 Å². The third-order valence-electron chi connectivity index (χ3n) is 0.494. The number of rotatable bonds is 2. The van der Waals surface area contributed by atoms with Gasteiger partial charge >= 0.3 is 0 Å². The number of hydrogen-bond donors (Lipinski definition) is 3. The van der Waals surface area contributed by atoms with Crippen molar-refractivity contribution in [3.05, 3.63) is 0 Å². The molecule has 0 rings (SSSR count). The van der Waals surface area contributed by atoms with Crippen LogP contribution < -0.4 is 5.84 Å². The first-order valence-electron chi connectivity index (χ1n) is 1.73. The fourth-order valence-corrected chi connectivity index (χ4v) is 0.124. The van der Waals surface area contributed by atoms with E-state index in [1.807, 2.05) is 0 Å². The number of nitrogens with one attached hydrogen (secondary N) is 1. The van der Waals surface area contributed by atoms with Crippen molar-refractivity contribution < 1.29 is 5.11 Å². The summed E-state index contributed by atoms with van der Waals surface area (Å²) in [4.78, 5) is 0. The highest BCUT2D eigenvalue weighted by Gasteiger charge is 1.84. The normalized spacial score (nSPS) is 11.3. The second kappa shape index (κ2) is 3.30. The van der Waals surface area contributed by atoms with Gasteiger partial charge in [-0.15, -0.1) is 0 Å². The van der Waals surface area contributed by atoms with E-state index in [1.54, 1.807) is 0 Å². The van der Waals surface area contributed by atoms with Crippen LogP contribution in [0, 0.1) is 5.41 Å². The van der Waals surface area contributed by atoms with Gasteiger partial charge in [-0.2, -0.15) is 5.10 Å². The minimum Gasteiger partial charge on any atom is -0.390 e. The Morgan fingerprint density at radius 2 is 2.57 bits per heavy atom. The van der Waals surface area contributed by atoms with Gasteiger partial charge in [0.15, 0.2) is 0 Å². The lowest BCUT2D eigenvalue weighted by atomic mass is 10.4. The van der Waals surface area contributed by atoms with Crippen molar-refractivity contribution in [3.63, 3.8) is 0 Å². The van der Waals surface area contributed by atoms with Crippen LogP contribution >= 0.6 is 0 Å². The third kappa shape index (κ3) is 1.88. The molecule has 4 nitrogen and oxygen atoms in total. The van der Waals surface area contributed by atoms with Crippen molar-refractivity contribution in [3.8, 4) is 0 Å². The van der Waals surface area contributed by atoms with Gasteiger partial charge in [0.25, 0.3) is 0 Å². The van der Waals surface area contributed by atoms with Crippen LogP contribution in [0.4, 0.5) is 0 Å².